The van der Waals surface area contributed by atoms with Crippen molar-refractivity contribution in [2.24, 2.45) is 0 Å². The zero-order valence-corrected chi connectivity index (χ0v) is 11.2. The average Bonchev–Trinajstić information content (AvgIpc) is 2.32. The van der Waals surface area contributed by atoms with Crippen molar-refractivity contribution in [1.82, 2.24) is 4.98 Å². The van der Waals surface area contributed by atoms with Gasteiger partial charge in [-0.15, -0.1) is 0 Å². The number of nitrogens with zero attached hydrogens (tertiary/aromatic N) is 1. The number of halogens is 3. The van der Waals surface area contributed by atoms with Gasteiger partial charge in [0, 0.05) is 16.9 Å². The van der Waals surface area contributed by atoms with Gasteiger partial charge in [0.1, 0.15) is 5.15 Å². The monoisotopic (exact) mass is 300 g/mol. The zero-order valence-electron chi connectivity index (χ0n) is 8.95. The molecule has 0 radical (unpaired) electrons. The summed E-state index contributed by atoms with van der Waals surface area (Å²) in [6, 6.07) is 7.85. The highest BCUT2D eigenvalue weighted by Crippen LogP contribution is 2.22. The van der Waals surface area contributed by atoms with Crippen LogP contribution >= 0.6 is 34.8 Å². The lowest BCUT2D eigenvalue weighted by Gasteiger charge is -2.07. The molecule has 1 aromatic heterocycles. The van der Waals surface area contributed by atoms with Crippen molar-refractivity contribution in [3.63, 3.8) is 0 Å². The molecule has 0 atom stereocenters. The zero-order chi connectivity index (χ0) is 13.1. The normalized spacial score (nSPS) is 10.2. The SMILES string of the molecule is O=C(Nc1ccnc(Cl)c1)c1cc(Cl)ccc1Cl. The summed E-state index contributed by atoms with van der Waals surface area (Å²) in [5.74, 6) is -0.357. The standard InChI is InChI=1S/C12H7Cl3N2O/c13-7-1-2-10(14)9(5-7)12(18)17-8-3-4-16-11(15)6-8/h1-6H,(H,16,17,18). The van der Waals surface area contributed by atoms with Crippen LogP contribution in [-0.4, -0.2) is 10.9 Å². The summed E-state index contributed by atoms with van der Waals surface area (Å²) < 4.78 is 0. The van der Waals surface area contributed by atoms with Crippen LogP contribution in [0.3, 0.4) is 0 Å². The molecule has 1 N–H and O–H groups in total. The molecule has 0 saturated carbocycles. The minimum Gasteiger partial charge on any atom is -0.322 e. The van der Waals surface area contributed by atoms with Gasteiger partial charge in [0.2, 0.25) is 0 Å². The number of aromatic nitrogens is 1. The van der Waals surface area contributed by atoms with E-state index in [0.717, 1.165) is 0 Å². The van der Waals surface area contributed by atoms with Crippen LogP contribution in [0.1, 0.15) is 10.4 Å². The van der Waals surface area contributed by atoms with Gasteiger partial charge in [0.05, 0.1) is 10.6 Å². The Bertz CT molecular complexity index is 602. The van der Waals surface area contributed by atoms with E-state index < -0.39 is 0 Å². The van der Waals surface area contributed by atoms with Crippen LogP contribution in [0.25, 0.3) is 0 Å². The second-order valence-corrected chi connectivity index (χ2v) is 4.68. The molecule has 2 rings (SSSR count). The number of hydrogen-bond donors (Lipinski definition) is 1. The van der Waals surface area contributed by atoms with Crippen molar-refractivity contribution in [3.8, 4) is 0 Å². The van der Waals surface area contributed by atoms with Gasteiger partial charge in [-0.3, -0.25) is 4.79 Å². The fourth-order valence-electron chi connectivity index (χ4n) is 1.35. The Balaban J connectivity index is 2.24. The fourth-order valence-corrected chi connectivity index (χ4v) is 1.90. The van der Waals surface area contributed by atoms with Gasteiger partial charge in [0.15, 0.2) is 0 Å². The first-order chi connectivity index (χ1) is 8.56. The molecule has 2 aromatic rings. The molecule has 0 aliphatic carbocycles. The number of carbonyl (C=O) groups excluding carboxylic acids is 1. The van der Waals surface area contributed by atoms with E-state index in [0.29, 0.717) is 26.4 Å². The van der Waals surface area contributed by atoms with Crippen LogP contribution in [0.2, 0.25) is 15.2 Å². The largest absolute Gasteiger partial charge is 0.322 e. The maximum Gasteiger partial charge on any atom is 0.257 e. The van der Waals surface area contributed by atoms with E-state index in [2.05, 4.69) is 10.3 Å². The Morgan fingerprint density at radius 2 is 1.89 bits per heavy atom. The van der Waals surface area contributed by atoms with Crippen LogP contribution < -0.4 is 5.32 Å². The lowest BCUT2D eigenvalue weighted by Crippen LogP contribution is -2.12. The number of rotatable bonds is 2. The van der Waals surface area contributed by atoms with Gasteiger partial charge in [-0.1, -0.05) is 34.8 Å². The number of pyridine rings is 1. The summed E-state index contributed by atoms with van der Waals surface area (Å²) >= 11 is 17.5. The third-order valence-electron chi connectivity index (χ3n) is 2.16. The molecule has 6 heteroatoms. The predicted molar refractivity (Wildman–Crippen MR) is 73.7 cm³/mol. The van der Waals surface area contributed by atoms with E-state index >= 15 is 0 Å². The Morgan fingerprint density at radius 1 is 1.11 bits per heavy atom. The van der Waals surface area contributed by atoms with Crippen molar-refractivity contribution in [1.29, 1.82) is 0 Å². The van der Waals surface area contributed by atoms with Gasteiger partial charge in [0.25, 0.3) is 5.91 Å². The fraction of sp³-hybridized carbons (Fsp3) is 0. The van der Waals surface area contributed by atoms with Crippen LogP contribution in [-0.2, 0) is 0 Å². The van der Waals surface area contributed by atoms with Gasteiger partial charge in [-0.25, -0.2) is 4.98 Å². The molecule has 0 saturated heterocycles. The molecule has 0 unspecified atom stereocenters. The van der Waals surface area contributed by atoms with Crippen LogP contribution in [0.5, 0.6) is 0 Å². The minimum atomic E-state index is -0.357. The third kappa shape index (κ3) is 3.13. The maximum absolute atomic E-state index is 12.0. The molecule has 0 fully saturated rings. The van der Waals surface area contributed by atoms with Crippen molar-refractivity contribution in [2.45, 2.75) is 0 Å². The van der Waals surface area contributed by atoms with Crippen molar-refractivity contribution < 1.29 is 4.79 Å². The second-order valence-electron chi connectivity index (χ2n) is 3.45. The number of carbonyl (C=O) groups is 1. The van der Waals surface area contributed by atoms with Crippen LogP contribution in [0.4, 0.5) is 5.69 Å². The van der Waals surface area contributed by atoms with Gasteiger partial charge >= 0.3 is 0 Å². The number of amides is 1. The van der Waals surface area contributed by atoms with E-state index in [4.69, 9.17) is 34.8 Å². The minimum absolute atomic E-state index is 0.296. The van der Waals surface area contributed by atoms with Crippen LogP contribution in [0.15, 0.2) is 36.5 Å². The lowest BCUT2D eigenvalue weighted by atomic mass is 10.2. The van der Waals surface area contributed by atoms with Crippen molar-refractivity contribution in [2.75, 3.05) is 5.32 Å². The number of hydrogen-bond acceptors (Lipinski definition) is 2. The molecular weight excluding hydrogens is 295 g/mol. The maximum atomic E-state index is 12.0. The summed E-state index contributed by atoms with van der Waals surface area (Å²) in [7, 11) is 0. The first kappa shape index (κ1) is 13.1. The number of anilines is 1. The molecule has 1 aromatic carbocycles. The Morgan fingerprint density at radius 3 is 2.61 bits per heavy atom. The molecule has 0 bridgehead atoms. The highest BCUT2D eigenvalue weighted by Gasteiger charge is 2.11. The van der Waals surface area contributed by atoms with Crippen molar-refractivity contribution in [3.05, 3.63) is 57.3 Å². The molecule has 1 heterocycles. The summed E-state index contributed by atoms with van der Waals surface area (Å²) in [5, 5.41) is 3.73. The highest BCUT2D eigenvalue weighted by molar-refractivity contribution is 6.36. The third-order valence-corrected chi connectivity index (χ3v) is 2.93. The van der Waals surface area contributed by atoms with Crippen LogP contribution in [0, 0.1) is 0 Å². The van der Waals surface area contributed by atoms with Gasteiger partial charge in [-0.05, 0) is 30.3 Å². The summed E-state index contributed by atoms with van der Waals surface area (Å²) in [6.45, 7) is 0. The van der Waals surface area contributed by atoms with E-state index in [1.165, 1.54) is 18.3 Å². The highest BCUT2D eigenvalue weighted by atomic mass is 35.5. The molecule has 92 valence electrons. The van der Waals surface area contributed by atoms with E-state index in [1.54, 1.807) is 18.2 Å². The smallest absolute Gasteiger partial charge is 0.257 e. The number of benzene rings is 1. The number of nitrogens with one attached hydrogen (secondary N) is 1. The predicted octanol–water partition coefficient (Wildman–Crippen LogP) is 4.29. The molecular formula is C12H7Cl3N2O. The Kier molecular flexibility index (Phi) is 4.07. The second kappa shape index (κ2) is 5.57. The molecule has 18 heavy (non-hydrogen) atoms. The lowest BCUT2D eigenvalue weighted by molar-refractivity contribution is 0.102. The molecule has 1 amide bonds. The first-order valence-corrected chi connectivity index (χ1v) is 6.07. The van der Waals surface area contributed by atoms with E-state index in [-0.39, 0.29) is 5.91 Å². The van der Waals surface area contributed by atoms with E-state index in [9.17, 15) is 4.79 Å². The van der Waals surface area contributed by atoms with Gasteiger partial charge in [-0.2, -0.15) is 0 Å². The van der Waals surface area contributed by atoms with Crippen molar-refractivity contribution >= 4 is 46.4 Å². The Hall–Kier alpha value is -1.29. The topological polar surface area (TPSA) is 42.0 Å². The summed E-state index contributed by atoms with van der Waals surface area (Å²) in [5.41, 5.74) is 0.841. The first-order valence-electron chi connectivity index (χ1n) is 4.94. The molecule has 0 aliphatic rings. The summed E-state index contributed by atoms with van der Waals surface area (Å²) in [6.07, 6.45) is 1.50. The molecule has 0 aliphatic heterocycles. The van der Waals surface area contributed by atoms with E-state index in [1.807, 2.05) is 0 Å². The van der Waals surface area contributed by atoms with Gasteiger partial charge < -0.3 is 5.32 Å². The molecule has 0 spiro atoms. The molecule has 3 nitrogen and oxygen atoms in total. The average molecular weight is 302 g/mol. The summed E-state index contributed by atoms with van der Waals surface area (Å²) in [4.78, 5) is 15.8. The quantitative estimate of drug-likeness (QED) is 0.841. The Labute approximate surface area is 119 Å².